The first kappa shape index (κ1) is 13.0. The highest BCUT2D eigenvalue weighted by Gasteiger charge is 2.28. The molecule has 0 saturated carbocycles. The predicted molar refractivity (Wildman–Crippen MR) is 73.1 cm³/mol. The number of hydrogen-bond donors (Lipinski definition) is 0. The Bertz CT molecular complexity index is 507. The van der Waals surface area contributed by atoms with Gasteiger partial charge in [0.05, 0.1) is 7.11 Å². The van der Waals surface area contributed by atoms with Gasteiger partial charge in [-0.3, -0.25) is 4.79 Å². The number of carbonyl (C=O) groups is 1. The first-order valence-electron chi connectivity index (χ1n) is 5.70. The first-order valence-corrected chi connectivity index (χ1v) is 6.49. The summed E-state index contributed by atoms with van der Waals surface area (Å²) in [6.45, 7) is 1.17. The van der Waals surface area contributed by atoms with Crippen molar-refractivity contribution in [1.29, 1.82) is 0 Å². The van der Waals surface area contributed by atoms with E-state index in [1.807, 2.05) is 18.2 Å². The lowest BCUT2D eigenvalue weighted by Gasteiger charge is -2.18. The zero-order chi connectivity index (χ0) is 13.1. The van der Waals surface area contributed by atoms with Crippen LogP contribution in [0, 0.1) is 18.3 Å². The fourth-order valence-electron chi connectivity index (χ4n) is 2.11. The number of carbonyl (C=O) groups excluding carboxylic acids is 1. The fourth-order valence-corrected chi connectivity index (χ4v) is 2.52. The van der Waals surface area contributed by atoms with E-state index in [0.717, 1.165) is 15.8 Å². The van der Waals surface area contributed by atoms with E-state index in [1.165, 1.54) is 0 Å². The molecule has 4 heteroatoms. The van der Waals surface area contributed by atoms with Crippen molar-refractivity contribution in [3.63, 3.8) is 0 Å². The van der Waals surface area contributed by atoms with Gasteiger partial charge < -0.3 is 9.64 Å². The van der Waals surface area contributed by atoms with Crippen LogP contribution in [0.3, 0.4) is 0 Å². The Morgan fingerprint density at radius 3 is 3.00 bits per heavy atom. The second-order valence-electron chi connectivity index (χ2n) is 4.30. The third-order valence-corrected chi connectivity index (χ3v) is 3.55. The van der Waals surface area contributed by atoms with Gasteiger partial charge in [-0.2, -0.15) is 0 Å². The van der Waals surface area contributed by atoms with Gasteiger partial charge in [-0.15, -0.1) is 12.3 Å². The summed E-state index contributed by atoms with van der Waals surface area (Å²) in [4.78, 5) is 13.6. The van der Waals surface area contributed by atoms with Gasteiger partial charge in [0.25, 0.3) is 0 Å². The number of likely N-dealkylation sites (tertiary alicyclic amines) is 1. The van der Waals surface area contributed by atoms with Crippen LogP contribution in [0.25, 0.3) is 0 Å². The molecule has 0 radical (unpaired) electrons. The summed E-state index contributed by atoms with van der Waals surface area (Å²) in [6.07, 6.45) is 5.82. The molecule has 1 aromatic rings. The maximum absolute atomic E-state index is 11.8. The second kappa shape index (κ2) is 5.45. The molecule has 1 unspecified atom stereocenters. The number of terminal acetylenes is 1. The molecule has 0 aliphatic carbocycles. The molecule has 0 spiro atoms. The van der Waals surface area contributed by atoms with Gasteiger partial charge in [-0.05, 0) is 18.2 Å². The molecule has 94 valence electrons. The van der Waals surface area contributed by atoms with E-state index >= 15 is 0 Å². The lowest BCUT2D eigenvalue weighted by Crippen LogP contribution is -2.24. The minimum absolute atomic E-state index is 0.0376. The Morgan fingerprint density at radius 1 is 1.61 bits per heavy atom. The highest BCUT2D eigenvalue weighted by atomic mass is 79.9. The molecule has 1 aliphatic rings. The van der Waals surface area contributed by atoms with Gasteiger partial charge in [0.1, 0.15) is 5.75 Å². The number of ether oxygens (including phenoxy) is 1. The van der Waals surface area contributed by atoms with Gasteiger partial charge in [-0.1, -0.05) is 15.9 Å². The summed E-state index contributed by atoms with van der Waals surface area (Å²) in [7, 11) is 1.63. The van der Waals surface area contributed by atoms with Crippen molar-refractivity contribution >= 4 is 21.8 Å². The molecule has 0 bridgehead atoms. The molecule has 1 aliphatic heterocycles. The Labute approximate surface area is 115 Å². The van der Waals surface area contributed by atoms with Crippen molar-refractivity contribution in [3.05, 3.63) is 28.2 Å². The van der Waals surface area contributed by atoms with Crippen LogP contribution in [-0.2, 0) is 11.3 Å². The van der Waals surface area contributed by atoms with Crippen molar-refractivity contribution < 1.29 is 9.53 Å². The number of benzene rings is 1. The molecule has 0 aromatic heterocycles. The lowest BCUT2D eigenvalue weighted by atomic mass is 10.1. The lowest BCUT2D eigenvalue weighted by molar-refractivity contribution is -0.128. The summed E-state index contributed by atoms with van der Waals surface area (Å²) >= 11 is 3.42. The van der Waals surface area contributed by atoms with E-state index < -0.39 is 0 Å². The molecule has 1 fully saturated rings. The van der Waals surface area contributed by atoms with Crippen LogP contribution in [-0.4, -0.2) is 24.5 Å². The van der Waals surface area contributed by atoms with Gasteiger partial charge in [0.15, 0.2) is 0 Å². The third kappa shape index (κ3) is 2.68. The average Bonchev–Trinajstić information content (AvgIpc) is 2.71. The summed E-state index contributed by atoms with van der Waals surface area (Å²) < 4.78 is 6.27. The molecular weight excluding hydrogens is 294 g/mol. The highest BCUT2D eigenvalue weighted by Crippen LogP contribution is 2.27. The number of halogens is 1. The van der Waals surface area contributed by atoms with Gasteiger partial charge in [0, 0.05) is 35.5 Å². The van der Waals surface area contributed by atoms with E-state index in [-0.39, 0.29) is 11.8 Å². The average molecular weight is 308 g/mol. The summed E-state index contributed by atoms with van der Waals surface area (Å²) in [5.41, 5.74) is 0.984. The number of methoxy groups -OCH3 is 1. The van der Waals surface area contributed by atoms with Crippen LogP contribution in [0.4, 0.5) is 0 Å². The van der Waals surface area contributed by atoms with E-state index in [9.17, 15) is 4.79 Å². The van der Waals surface area contributed by atoms with Crippen LogP contribution in [0.2, 0.25) is 0 Å². The molecular formula is C14H14BrNO2. The third-order valence-electron chi connectivity index (χ3n) is 3.05. The normalized spacial score (nSPS) is 18.8. The summed E-state index contributed by atoms with van der Waals surface area (Å²) in [5, 5.41) is 0. The minimum atomic E-state index is 0.0376. The zero-order valence-corrected chi connectivity index (χ0v) is 11.7. The maximum atomic E-state index is 11.8. The molecule has 1 heterocycles. The fraction of sp³-hybridized carbons (Fsp3) is 0.357. The van der Waals surface area contributed by atoms with Crippen LogP contribution in [0.1, 0.15) is 12.0 Å². The molecule has 1 saturated heterocycles. The molecule has 1 amide bonds. The van der Waals surface area contributed by atoms with E-state index in [4.69, 9.17) is 11.2 Å². The van der Waals surface area contributed by atoms with Crippen molar-refractivity contribution in [2.24, 2.45) is 5.92 Å². The number of hydrogen-bond acceptors (Lipinski definition) is 2. The van der Waals surface area contributed by atoms with E-state index in [0.29, 0.717) is 19.5 Å². The van der Waals surface area contributed by atoms with Crippen molar-refractivity contribution in [2.75, 3.05) is 13.7 Å². The van der Waals surface area contributed by atoms with Crippen molar-refractivity contribution in [3.8, 4) is 18.1 Å². The maximum Gasteiger partial charge on any atom is 0.224 e. The molecule has 1 atom stereocenters. The van der Waals surface area contributed by atoms with Gasteiger partial charge in [0.2, 0.25) is 5.91 Å². The molecule has 1 aromatic carbocycles. The summed E-state index contributed by atoms with van der Waals surface area (Å²) in [5.74, 6) is 3.58. The quantitative estimate of drug-likeness (QED) is 0.803. The van der Waals surface area contributed by atoms with E-state index in [2.05, 4.69) is 21.9 Å². The molecule has 2 rings (SSSR count). The van der Waals surface area contributed by atoms with Crippen LogP contribution in [0.5, 0.6) is 5.75 Å². The van der Waals surface area contributed by atoms with Crippen LogP contribution in [0.15, 0.2) is 22.7 Å². The largest absolute Gasteiger partial charge is 0.496 e. The van der Waals surface area contributed by atoms with Crippen molar-refractivity contribution in [1.82, 2.24) is 4.90 Å². The van der Waals surface area contributed by atoms with E-state index in [1.54, 1.807) is 12.0 Å². The summed E-state index contributed by atoms with van der Waals surface area (Å²) in [6, 6.07) is 5.77. The smallest absolute Gasteiger partial charge is 0.224 e. The second-order valence-corrected chi connectivity index (χ2v) is 5.21. The Balaban J connectivity index is 2.17. The number of amides is 1. The minimum Gasteiger partial charge on any atom is -0.496 e. The monoisotopic (exact) mass is 307 g/mol. The zero-order valence-electron chi connectivity index (χ0n) is 10.1. The Kier molecular flexibility index (Phi) is 3.93. The van der Waals surface area contributed by atoms with Crippen molar-refractivity contribution in [2.45, 2.75) is 13.0 Å². The Morgan fingerprint density at radius 2 is 2.39 bits per heavy atom. The highest BCUT2D eigenvalue weighted by molar-refractivity contribution is 9.10. The Hall–Kier alpha value is -1.47. The standard InChI is InChI=1S/C14H14BrNO2/c1-3-10-6-14(17)16(8-10)9-11-7-12(15)4-5-13(11)18-2/h1,4-5,7,10H,6,8-9H2,2H3. The molecule has 18 heavy (non-hydrogen) atoms. The van der Waals surface area contributed by atoms with Gasteiger partial charge >= 0.3 is 0 Å². The topological polar surface area (TPSA) is 29.5 Å². The molecule has 3 nitrogen and oxygen atoms in total. The predicted octanol–water partition coefficient (Wildman–Crippen LogP) is 2.44. The molecule has 0 N–H and O–H groups in total. The number of nitrogens with zero attached hydrogens (tertiary/aromatic N) is 1. The first-order chi connectivity index (χ1) is 8.63. The van der Waals surface area contributed by atoms with Crippen LogP contribution < -0.4 is 4.74 Å². The van der Waals surface area contributed by atoms with Crippen LogP contribution >= 0.6 is 15.9 Å². The van der Waals surface area contributed by atoms with Gasteiger partial charge in [-0.25, -0.2) is 0 Å². The SMILES string of the molecule is C#CC1CC(=O)N(Cc2cc(Br)ccc2OC)C1. The number of rotatable bonds is 3.